The lowest BCUT2D eigenvalue weighted by Gasteiger charge is -2.41. The van der Waals surface area contributed by atoms with Gasteiger partial charge in [-0.3, -0.25) is 4.79 Å². The summed E-state index contributed by atoms with van der Waals surface area (Å²) in [6, 6.07) is 17.7. The number of hydrogen-bond acceptors (Lipinski definition) is 2. The molecule has 2 atom stereocenters. The molecule has 0 bridgehead atoms. The van der Waals surface area contributed by atoms with Crippen molar-refractivity contribution < 1.29 is 4.79 Å². The molecule has 1 saturated carbocycles. The smallest absolute Gasteiger partial charge is 0.226 e. The van der Waals surface area contributed by atoms with E-state index in [2.05, 4.69) is 25.2 Å². The molecule has 0 radical (unpaired) electrons. The maximum absolute atomic E-state index is 13.0. The number of nitrogens with one attached hydrogen (secondary N) is 1. The molecule has 28 heavy (non-hydrogen) atoms. The van der Waals surface area contributed by atoms with Crippen molar-refractivity contribution in [1.29, 1.82) is 5.26 Å². The van der Waals surface area contributed by atoms with E-state index in [1.54, 1.807) is 0 Å². The Kier molecular flexibility index (Phi) is 6.42. The first-order chi connectivity index (χ1) is 13.5. The van der Waals surface area contributed by atoms with Crippen molar-refractivity contribution in [1.82, 2.24) is 5.32 Å². The van der Waals surface area contributed by atoms with Crippen LogP contribution in [0.25, 0.3) is 0 Å². The van der Waals surface area contributed by atoms with Crippen molar-refractivity contribution in [2.24, 2.45) is 5.41 Å². The summed E-state index contributed by atoms with van der Waals surface area (Å²) in [6.07, 6.45) is 4.75. The second-order valence-electron chi connectivity index (χ2n) is 7.92. The predicted molar refractivity (Wildman–Crippen MR) is 113 cm³/mol. The molecule has 1 amide bonds. The van der Waals surface area contributed by atoms with Crippen molar-refractivity contribution in [3.63, 3.8) is 0 Å². The molecule has 0 heterocycles. The van der Waals surface area contributed by atoms with Gasteiger partial charge in [0.2, 0.25) is 5.91 Å². The predicted octanol–water partition coefficient (Wildman–Crippen LogP) is 5.62. The topological polar surface area (TPSA) is 52.9 Å². The third-order valence-electron chi connectivity index (χ3n) is 6.24. The summed E-state index contributed by atoms with van der Waals surface area (Å²) in [4.78, 5) is 13.0. The van der Waals surface area contributed by atoms with Gasteiger partial charge in [-0.1, -0.05) is 49.2 Å². The molecular weight excluding hydrogens is 368 g/mol. The molecule has 1 fully saturated rings. The maximum Gasteiger partial charge on any atom is 0.226 e. The fourth-order valence-electron chi connectivity index (χ4n) is 4.10. The standard InChI is InChI=1S/C24H27ClN2O/c1-3-24(12-5-13-24)23(28)27-17(2)22(15-18-8-10-21(25)11-9-18)20-7-4-6-19(14-20)16-26/h4,6-11,14,17,22H,3,5,12-13,15H2,1-2H3,(H,27,28). The molecule has 2 aromatic rings. The first-order valence-corrected chi connectivity index (χ1v) is 10.4. The van der Waals surface area contributed by atoms with Gasteiger partial charge in [0.1, 0.15) is 0 Å². The summed E-state index contributed by atoms with van der Waals surface area (Å²) in [5.41, 5.74) is 2.68. The quantitative estimate of drug-likeness (QED) is 0.662. The van der Waals surface area contributed by atoms with Gasteiger partial charge in [0.25, 0.3) is 0 Å². The van der Waals surface area contributed by atoms with Crippen LogP contribution >= 0.6 is 11.6 Å². The third kappa shape index (κ3) is 4.39. The number of hydrogen-bond donors (Lipinski definition) is 1. The Balaban J connectivity index is 1.85. The molecule has 0 saturated heterocycles. The van der Waals surface area contributed by atoms with Crippen LogP contribution in [0.4, 0.5) is 0 Å². The van der Waals surface area contributed by atoms with E-state index in [1.807, 2.05) is 48.5 Å². The Morgan fingerprint density at radius 1 is 1.25 bits per heavy atom. The molecule has 1 aliphatic carbocycles. The lowest BCUT2D eigenvalue weighted by atomic mass is 9.66. The van der Waals surface area contributed by atoms with Crippen molar-refractivity contribution in [2.75, 3.05) is 0 Å². The van der Waals surface area contributed by atoms with E-state index < -0.39 is 0 Å². The number of nitriles is 1. The zero-order valence-electron chi connectivity index (χ0n) is 16.5. The fraction of sp³-hybridized carbons (Fsp3) is 0.417. The molecule has 1 aliphatic rings. The minimum Gasteiger partial charge on any atom is -0.353 e. The van der Waals surface area contributed by atoms with Crippen molar-refractivity contribution in [2.45, 2.75) is 57.9 Å². The highest BCUT2D eigenvalue weighted by molar-refractivity contribution is 6.30. The number of carbonyl (C=O) groups is 1. The molecule has 4 heteroatoms. The van der Waals surface area contributed by atoms with Gasteiger partial charge in [0.15, 0.2) is 0 Å². The lowest BCUT2D eigenvalue weighted by Crippen LogP contribution is -2.49. The number of halogens is 1. The first-order valence-electron chi connectivity index (χ1n) is 10.0. The Labute approximate surface area is 172 Å². The summed E-state index contributed by atoms with van der Waals surface area (Å²) < 4.78 is 0. The number of rotatable bonds is 7. The molecule has 3 nitrogen and oxygen atoms in total. The van der Waals surface area contributed by atoms with Crippen LogP contribution in [-0.2, 0) is 11.2 Å². The van der Waals surface area contributed by atoms with E-state index in [0.29, 0.717) is 10.6 Å². The molecule has 146 valence electrons. The highest BCUT2D eigenvalue weighted by atomic mass is 35.5. The molecule has 2 unspecified atom stereocenters. The number of nitrogens with zero attached hydrogens (tertiary/aromatic N) is 1. The summed E-state index contributed by atoms with van der Waals surface area (Å²) in [5.74, 6) is 0.249. The molecule has 0 aromatic heterocycles. The van der Waals surface area contributed by atoms with Gasteiger partial charge in [-0.2, -0.15) is 5.26 Å². The first kappa shape index (κ1) is 20.4. The number of carbonyl (C=O) groups excluding carboxylic acids is 1. The van der Waals surface area contributed by atoms with Gasteiger partial charge < -0.3 is 5.32 Å². The van der Waals surface area contributed by atoms with Gasteiger partial charge >= 0.3 is 0 Å². The SMILES string of the molecule is CCC1(C(=O)NC(C)C(Cc2ccc(Cl)cc2)c2cccc(C#N)c2)CCC1. The van der Waals surface area contributed by atoms with Crippen molar-refractivity contribution in [3.05, 3.63) is 70.2 Å². The molecule has 0 spiro atoms. The monoisotopic (exact) mass is 394 g/mol. The van der Waals surface area contributed by atoms with Crippen LogP contribution in [0.2, 0.25) is 5.02 Å². The molecule has 0 aliphatic heterocycles. The van der Waals surface area contributed by atoms with Crippen LogP contribution in [0.5, 0.6) is 0 Å². The van der Waals surface area contributed by atoms with Crippen LogP contribution in [0.15, 0.2) is 48.5 Å². The summed E-state index contributed by atoms with van der Waals surface area (Å²) in [7, 11) is 0. The van der Waals surface area contributed by atoms with Crippen LogP contribution in [0, 0.1) is 16.7 Å². The highest BCUT2D eigenvalue weighted by Gasteiger charge is 2.43. The second-order valence-corrected chi connectivity index (χ2v) is 8.36. The van der Waals surface area contributed by atoms with Crippen molar-refractivity contribution >= 4 is 17.5 Å². The van der Waals surface area contributed by atoms with Crippen LogP contribution in [-0.4, -0.2) is 11.9 Å². The van der Waals surface area contributed by atoms with E-state index in [9.17, 15) is 10.1 Å². The minimum atomic E-state index is -0.187. The Morgan fingerprint density at radius 3 is 2.54 bits per heavy atom. The maximum atomic E-state index is 13.0. The van der Waals surface area contributed by atoms with Crippen LogP contribution in [0.1, 0.15) is 62.1 Å². The molecule has 3 rings (SSSR count). The highest BCUT2D eigenvalue weighted by Crippen LogP contribution is 2.44. The average molecular weight is 395 g/mol. The normalized spacial score (nSPS) is 17.1. The van der Waals surface area contributed by atoms with Gasteiger partial charge in [-0.05, 0) is 68.0 Å². The number of amides is 1. The Morgan fingerprint density at radius 2 is 1.96 bits per heavy atom. The summed E-state index contributed by atoms with van der Waals surface area (Å²) >= 11 is 6.03. The van der Waals surface area contributed by atoms with Crippen molar-refractivity contribution in [3.8, 4) is 6.07 Å². The number of benzene rings is 2. The summed E-state index contributed by atoms with van der Waals surface area (Å²) in [5, 5.41) is 13.3. The zero-order chi connectivity index (χ0) is 20.1. The zero-order valence-corrected chi connectivity index (χ0v) is 17.3. The van der Waals surface area contributed by atoms with Crippen LogP contribution < -0.4 is 5.32 Å². The van der Waals surface area contributed by atoms with E-state index >= 15 is 0 Å². The van der Waals surface area contributed by atoms with E-state index in [4.69, 9.17) is 11.6 Å². The van der Waals surface area contributed by atoms with Gasteiger partial charge in [-0.25, -0.2) is 0 Å². The second kappa shape index (κ2) is 8.80. The Bertz CT molecular complexity index is 859. The van der Waals surface area contributed by atoms with E-state index in [1.165, 1.54) is 0 Å². The van der Waals surface area contributed by atoms with Gasteiger partial charge in [0.05, 0.1) is 11.6 Å². The largest absolute Gasteiger partial charge is 0.353 e. The summed E-state index contributed by atoms with van der Waals surface area (Å²) in [6.45, 7) is 4.17. The van der Waals surface area contributed by atoms with Gasteiger partial charge in [-0.15, -0.1) is 0 Å². The lowest BCUT2D eigenvalue weighted by molar-refractivity contribution is -0.137. The van der Waals surface area contributed by atoms with E-state index in [0.717, 1.165) is 43.2 Å². The fourth-order valence-corrected chi connectivity index (χ4v) is 4.23. The molecular formula is C24H27ClN2O. The molecule has 1 N–H and O–H groups in total. The average Bonchev–Trinajstić information content (AvgIpc) is 2.67. The minimum absolute atomic E-state index is 0.0406. The molecule has 2 aromatic carbocycles. The third-order valence-corrected chi connectivity index (χ3v) is 6.50. The van der Waals surface area contributed by atoms with E-state index in [-0.39, 0.29) is 23.3 Å². The Hall–Kier alpha value is -2.31. The van der Waals surface area contributed by atoms with Crippen LogP contribution in [0.3, 0.4) is 0 Å². The van der Waals surface area contributed by atoms with Gasteiger partial charge in [0, 0.05) is 22.4 Å².